The molecule has 122 valence electrons. The van der Waals surface area contributed by atoms with E-state index in [0.29, 0.717) is 30.3 Å². The van der Waals surface area contributed by atoms with Crippen molar-refractivity contribution in [1.82, 2.24) is 0 Å². The lowest BCUT2D eigenvalue weighted by Gasteiger charge is -2.13. The Hall–Kier alpha value is -2.69. The lowest BCUT2D eigenvalue weighted by Crippen LogP contribution is -2.10. The number of hydrogen-bond acceptors (Lipinski definition) is 5. The van der Waals surface area contributed by atoms with Gasteiger partial charge in [0.05, 0.1) is 19.8 Å². The third-order valence-electron chi connectivity index (χ3n) is 3.28. The minimum absolute atomic E-state index is 0.363. The van der Waals surface area contributed by atoms with Gasteiger partial charge < -0.3 is 18.9 Å². The van der Waals surface area contributed by atoms with Crippen LogP contribution >= 0.6 is 0 Å². The number of benzene rings is 2. The van der Waals surface area contributed by atoms with Crippen molar-refractivity contribution < 1.29 is 23.7 Å². The lowest BCUT2D eigenvalue weighted by molar-refractivity contribution is 0.0600. The Bertz CT molecular complexity index is 666. The van der Waals surface area contributed by atoms with E-state index in [1.807, 2.05) is 31.2 Å². The van der Waals surface area contributed by atoms with E-state index in [4.69, 9.17) is 14.2 Å². The molecule has 0 aromatic heterocycles. The van der Waals surface area contributed by atoms with Crippen molar-refractivity contribution in [2.45, 2.75) is 6.92 Å². The van der Waals surface area contributed by atoms with Gasteiger partial charge in [-0.1, -0.05) is 18.2 Å². The van der Waals surface area contributed by atoms with E-state index in [-0.39, 0.29) is 0 Å². The minimum atomic E-state index is -0.419. The predicted molar refractivity (Wildman–Crippen MR) is 86.5 cm³/mol. The highest BCUT2D eigenvalue weighted by Gasteiger charge is 2.11. The molecule has 0 spiro atoms. The molecule has 2 aromatic rings. The molecule has 0 aliphatic carbocycles. The van der Waals surface area contributed by atoms with Gasteiger partial charge in [0.2, 0.25) is 0 Å². The number of hydrogen-bond donors (Lipinski definition) is 0. The van der Waals surface area contributed by atoms with Crippen molar-refractivity contribution >= 4 is 5.97 Å². The van der Waals surface area contributed by atoms with E-state index in [1.54, 1.807) is 18.2 Å². The van der Waals surface area contributed by atoms with Crippen LogP contribution in [0.4, 0.5) is 0 Å². The average molecular weight is 316 g/mol. The average Bonchev–Trinajstić information content (AvgIpc) is 2.59. The molecule has 23 heavy (non-hydrogen) atoms. The predicted octanol–water partition coefficient (Wildman–Crippen LogP) is 3.25. The number of esters is 1. The number of ether oxygens (including phenoxy) is 4. The Morgan fingerprint density at radius 2 is 1.61 bits per heavy atom. The van der Waals surface area contributed by atoms with E-state index in [1.165, 1.54) is 14.2 Å². The second-order valence-electron chi connectivity index (χ2n) is 4.82. The fourth-order valence-electron chi connectivity index (χ4n) is 2.05. The van der Waals surface area contributed by atoms with Crippen LogP contribution in [-0.2, 0) is 4.74 Å². The first-order valence-corrected chi connectivity index (χ1v) is 7.23. The lowest BCUT2D eigenvalue weighted by atomic mass is 10.2. The molecule has 0 aliphatic rings. The van der Waals surface area contributed by atoms with E-state index >= 15 is 0 Å². The zero-order valence-corrected chi connectivity index (χ0v) is 13.5. The Labute approximate surface area is 135 Å². The topological polar surface area (TPSA) is 54.0 Å². The SMILES string of the molecule is COC(=O)c1ccc(OCCOc2ccccc2C)c(OC)c1. The molecule has 0 amide bonds. The number of rotatable bonds is 7. The van der Waals surface area contributed by atoms with Crippen molar-refractivity contribution in [3.05, 3.63) is 53.6 Å². The maximum Gasteiger partial charge on any atom is 0.337 e. The summed E-state index contributed by atoms with van der Waals surface area (Å²) in [6.07, 6.45) is 0. The van der Waals surface area contributed by atoms with Gasteiger partial charge in [-0.2, -0.15) is 0 Å². The van der Waals surface area contributed by atoms with Gasteiger partial charge in [-0.25, -0.2) is 4.79 Å². The number of methoxy groups -OCH3 is 2. The third-order valence-corrected chi connectivity index (χ3v) is 3.28. The normalized spacial score (nSPS) is 10.0. The van der Waals surface area contributed by atoms with Crippen molar-refractivity contribution in [2.24, 2.45) is 0 Å². The van der Waals surface area contributed by atoms with Crippen molar-refractivity contribution in [1.29, 1.82) is 0 Å². The van der Waals surface area contributed by atoms with E-state index in [2.05, 4.69) is 4.74 Å². The van der Waals surface area contributed by atoms with Crippen LogP contribution in [0.1, 0.15) is 15.9 Å². The van der Waals surface area contributed by atoms with Crippen LogP contribution < -0.4 is 14.2 Å². The van der Waals surface area contributed by atoms with Gasteiger partial charge in [-0.15, -0.1) is 0 Å². The third kappa shape index (κ3) is 4.39. The van der Waals surface area contributed by atoms with Gasteiger partial charge in [0.1, 0.15) is 19.0 Å². The molecule has 5 heteroatoms. The van der Waals surface area contributed by atoms with E-state index < -0.39 is 5.97 Å². The summed E-state index contributed by atoms with van der Waals surface area (Å²) in [4.78, 5) is 11.5. The summed E-state index contributed by atoms with van der Waals surface area (Å²) in [6.45, 7) is 2.76. The maximum atomic E-state index is 11.5. The Balaban J connectivity index is 1.93. The van der Waals surface area contributed by atoms with Crippen molar-refractivity contribution in [2.75, 3.05) is 27.4 Å². The van der Waals surface area contributed by atoms with Crippen LogP contribution in [0.25, 0.3) is 0 Å². The minimum Gasteiger partial charge on any atom is -0.493 e. The summed E-state index contributed by atoms with van der Waals surface area (Å²) in [7, 11) is 2.86. The van der Waals surface area contributed by atoms with Gasteiger partial charge in [0.25, 0.3) is 0 Å². The molecule has 0 radical (unpaired) electrons. The second-order valence-corrected chi connectivity index (χ2v) is 4.82. The highest BCUT2D eigenvalue weighted by Crippen LogP contribution is 2.28. The smallest absolute Gasteiger partial charge is 0.337 e. The molecule has 0 N–H and O–H groups in total. The highest BCUT2D eigenvalue weighted by atomic mass is 16.5. The van der Waals surface area contributed by atoms with Crippen LogP contribution in [0, 0.1) is 6.92 Å². The monoisotopic (exact) mass is 316 g/mol. The van der Waals surface area contributed by atoms with Crippen LogP contribution in [0.3, 0.4) is 0 Å². The summed E-state index contributed by atoms with van der Waals surface area (Å²) in [5.41, 5.74) is 1.49. The van der Waals surface area contributed by atoms with Crippen LogP contribution in [0.2, 0.25) is 0 Å². The molecule has 0 saturated heterocycles. The second kappa shape index (κ2) is 8.08. The molecule has 0 aliphatic heterocycles. The molecule has 0 atom stereocenters. The van der Waals surface area contributed by atoms with Gasteiger partial charge >= 0.3 is 5.97 Å². The van der Waals surface area contributed by atoms with Gasteiger partial charge in [0, 0.05) is 0 Å². The molecule has 0 unspecified atom stereocenters. The molecule has 5 nitrogen and oxygen atoms in total. The first-order valence-electron chi connectivity index (χ1n) is 7.23. The van der Waals surface area contributed by atoms with Crippen molar-refractivity contribution in [3.63, 3.8) is 0 Å². The molecular weight excluding hydrogens is 296 g/mol. The number of aryl methyl sites for hydroxylation is 1. The van der Waals surface area contributed by atoms with Crippen molar-refractivity contribution in [3.8, 4) is 17.2 Å². The van der Waals surface area contributed by atoms with E-state index in [9.17, 15) is 4.79 Å². The first-order chi connectivity index (χ1) is 11.2. The first kappa shape index (κ1) is 16.7. The fourth-order valence-corrected chi connectivity index (χ4v) is 2.05. The Kier molecular flexibility index (Phi) is 5.86. The van der Waals surface area contributed by atoms with Crippen LogP contribution in [-0.4, -0.2) is 33.4 Å². The largest absolute Gasteiger partial charge is 0.493 e. The number of para-hydroxylation sites is 1. The summed E-state index contributed by atoms with van der Waals surface area (Å²) < 4.78 is 21.2. The quantitative estimate of drug-likeness (QED) is 0.580. The van der Waals surface area contributed by atoms with Crippen LogP contribution in [0.15, 0.2) is 42.5 Å². The molecule has 2 aromatic carbocycles. The molecule has 0 saturated carbocycles. The number of carbonyl (C=O) groups is 1. The van der Waals surface area contributed by atoms with Gasteiger partial charge in [0.15, 0.2) is 11.5 Å². The zero-order valence-electron chi connectivity index (χ0n) is 13.5. The number of carbonyl (C=O) groups excluding carboxylic acids is 1. The van der Waals surface area contributed by atoms with E-state index in [0.717, 1.165) is 11.3 Å². The summed E-state index contributed by atoms with van der Waals surface area (Å²) in [6, 6.07) is 12.7. The molecule has 0 heterocycles. The molecule has 0 fully saturated rings. The molecule has 0 bridgehead atoms. The molecule has 2 rings (SSSR count). The fraction of sp³-hybridized carbons (Fsp3) is 0.278. The Morgan fingerprint density at radius 3 is 2.26 bits per heavy atom. The van der Waals surface area contributed by atoms with Gasteiger partial charge in [-0.05, 0) is 36.8 Å². The highest BCUT2D eigenvalue weighted by molar-refractivity contribution is 5.90. The summed E-state index contributed by atoms with van der Waals surface area (Å²) >= 11 is 0. The maximum absolute atomic E-state index is 11.5. The van der Waals surface area contributed by atoms with Crippen LogP contribution in [0.5, 0.6) is 17.2 Å². The van der Waals surface area contributed by atoms with Gasteiger partial charge in [-0.3, -0.25) is 0 Å². The standard InChI is InChI=1S/C18H20O5/c1-13-6-4-5-7-15(13)22-10-11-23-16-9-8-14(18(19)21-3)12-17(16)20-2/h4-9,12H,10-11H2,1-3H3. The molecular formula is C18H20O5. The Morgan fingerprint density at radius 1 is 0.913 bits per heavy atom. The zero-order chi connectivity index (χ0) is 16.7. The summed E-state index contributed by atoms with van der Waals surface area (Å²) in [5.74, 6) is 1.44. The summed E-state index contributed by atoms with van der Waals surface area (Å²) in [5, 5.41) is 0.